The van der Waals surface area contributed by atoms with E-state index in [4.69, 9.17) is 19.7 Å². The third-order valence-corrected chi connectivity index (χ3v) is 2.96. The van der Waals surface area contributed by atoms with Gasteiger partial charge in [0, 0.05) is 32.8 Å². The van der Waals surface area contributed by atoms with Gasteiger partial charge in [0.05, 0.1) is 12.5 Å². The molecule has 1 aliphatic rings. The Balaban J connectivity index is 1.92. The molecule has 1 aromatic heterocycles. The van der Waals surface area contributed by atoms with Gasteiger partial charge in [-0.15, -0.1) is 0 Å². The maximum atomic E-state index is 6.01. The number of rotatable bonds is 5. The molecule has 6 nitrogen and oxygen atoms in total. The molecule has 0 amide bonds. The molecular formula is C11H19N3O3. The van der Waals surface area contributed by atoms with Gasteiger partial charge in [0.25, 0.3) is 0 Å². The van der Waals surface area contributed by atoms with Gasteiger partial charge in [-0.05, 0) is 12.8 Å². The van der Waals surface area contributed by atoms with Crippen LogP contribution in [0.2, 0.25) is 0 Å². The van der Waals surface area contributed by atoms with Crippen molar-refractivity contribution in [2.75, 3.05) is 26.9 Å². The first kappa shape index (κ1) is 12.5. The summed E-state index contributed by atoms with van der Waals surface area (Å²) >= 11 is 0. The van der Waals surface area contributed by atoms with Gasteiger partial charge >= 0.3 is 0 Å². The van der Waals surface area contributed by atoms with Gasteiger partial charge in [-0.2, -0.15) is 4.98 Å². The van der Waals surface area contributed by atoms with Gasteiger partial charge in [-0.3, -0.25) is 0 Å². The van der Waals surface area contributed by atoms with Crippen molar-refractivity contribution in [2.24, 2.45) is 5.73 Å². The maximum Gasteiger partial charge on any atom is 0.233 e. The van der Waals surface area contributed by atoms with Crippen LogP contribution in [0.15, 0.2) is 4.52 Å². The first-order chi connectivity index (χ1) is 8.31. The van der Waals surface area contributed by atoms with Gasteiger partial charge in [0.2, 0.25) is 5.89 Å². The molecule has 2 heterocycles. The van der Waals surface area contributed by atoms with Crippen LogP contribution < -0.4 is 5.73 Å². The Labute approximate surface area is 100 Å². The number of nitrogens with zero attached hydrogens (tertiary/aromatic N) is 2. The molecule has 1 aromatic rings. The fraction of sp³-hybridized carbons (Fsp3) is 0.818. The second kappa shape index (κ2) is 6.09. The van der Waals surface area contributed by atoms with Crippen LogP contribution in [0, 0.1) is 0 Å². The monoisotopic (exact) mass is 241 g/mol. The van der Waals surface area contributed by atoms with E-state index in [9.17, 15) is 0 Å². The molecule has 6 heteroatoms. The average molecular weight is 241 g/mol. The number of aromatic nitrogens is 2. The van der Waals surface area contributed by atoms with Crippen LogP contribution in [0.5, 0.6) is 0 Å². The normalized spacial score (nSPS) is 25.1. The van der Waals surface area contributed by atoms with Crippen molar-refractivity contribution in [3.8, 4) is 0 Å². The van der Waals surface area contributed by atoms with Crippen molar-refractivity contribution in [1.29, 1.82) is 0 Å². The highest BCUT2D eigenvalue weighted by atomic mass is 16.5. The number of nitrogens with two attached hydrogens (primary N) is 1. The predicted molar refractivity (Wildman–Crippen MR) is 60.6 cm³/mol. The third-order valence-electron chi connectivity index (χ3n) is 2.96. The van der Waals surface area contributed by atoms with Gasteiger partial charge in [-0.1, -0.05) is 5.16 Å². The fourth-order valence-electron chi connectivity index (χ4n) is 1.90. The summed E-state index contributed by atoms with van der Waals surface area (Å²) in [7, 11) is 1.68. The largest absolute Gasteiger partial charge is 0.385 e. The van der Waals surface area contributed by atoms with Crippen molar-refractivity contribution < 1.29 is 14.0 Å². The van der Waals surface area contributed by atoms with E-state index < -0.39 is 0 Å². The summed E-state index contributed by atoms with van der Waals surface area (Å²) in [5.74, 6) is 1.35. The van der Waals surface area contributed by atoms with Crippen molar-refractivity contribution in [2.45, 2.75) is 31.2 Å². The Kier molecular flexibility index (Phi) is 4.47. The summed E-state index contributed by atoms with van der Waals surface area (Å²) in [6, 6.07) is 0.0519. The minimum Gasteiger partial charge on any atom is -0.385 e. The molecule has 2 atom stereocenters. The van der Waals surface area contributed by atoms with Crippen LogP contribution in [0.4, 0.5) is 0 Å². The molecule has 1 saturated heterocycles. The molecule has 2 rings (SSSR count). The number of aryl methyl sites for hydroxylation is 1. The molecule has 1 aliphatic heterocycles. The Hall–Kier alpha value is -0.980. The summed E-state index contributed by atoms with van der Waals surface area (Å²) in [6.45, 7) is 1.99. The SMILES string of the molecule is COCCCc1noc(C2COCCC2N)n1. The average Bonchev–Trinajstić information content (AvgIpc) is 2.79. The smallest absolute Gasteiger partial charge is 0.233 e. The molecular weight excluding hydrogens is 222 g/mol. The Morgan fingerprint density at radius 3 is 3.18 bits per heavy atom. The lowest BCUT2D eigenvalue weighted by atomic mass is 9.97. The first-order valence-electron chi connectivity index (χ1n) is 5.96. The molecule has 17 heavy (non-hydrogen) atoms. The van der Waals surface area contributed by atoms with Gasteiger partial charge in [0.1, 0.15) is 0 Å². The number of ether oxygens (including phenoxy) is 2. The van der Waals surface area contributed by atoms with Crippen LogP contribution in [-0.4, -0.2) is 43.1 Å². The van der Waals surface area contributed by atoms with Gasteiger partial charge in [0.15, 0.2) is 5.82 Å². The van der Waals surface area contributed by atoms with Gasteiger partial charge < -0.3 is 19.7 Å². The molecule has 96 valence electrons. The Bertz CT molecular complexity index is 342. The summed E-state index contributed by atoms with van der Waals surface area (Å²) in [5, 5.41) is 3.94. The standard InChI is InChI=1S/C11H19N3O3/c1-15-5-2-3-10-13-11(17-14-10)8-7-16-6-4-9(8)12/h8-9H,2-7,12H2,1H3. The van der Waals surface area contributed by atoms with E-state index in [-0.39, 0.29) is 12.0 Å². The second-order valence-electron chi connectivity index (χ2n) is 4.28. The lowest BCUT2D eigenvalue weighted by molar-refractivity contribution is 0.0590. The molecule has 0 aromatic carbocycles. The van der Waals surface area contributed by atoms with Crippen molar-refractivity contribution in [3.05, 3.63) is 11.7 Å². The zero-order valence-electron chi connectivity index (χ0n) is 10.1. The first-order valence-corrected chi connectivity index (χ1v) is 5.96. The minimum atomic E-state index is 0.0347. The predicted octanol–water partition coefficient (Wildman–Crippen LogP) is 0.480. The molecule has 0 saturated carbocycles. The maximum absolute atomic E-state index is 6.01. The summed E-state index contributed by atoms with van der Waals surface area (Å²) < 4.78 is 15.6. The second-order valence-corrected chi connectivity index (χ2v) is 4.28. The molecule has 0 aliphatic carbocycles. The van der Waals surface area contributed by atoms with Crippen LogP contribution in [0.1, 0.15) is 30.5 Å². The van der Waals surface area contributed by atoms with Gasteiger partial charge in [-0.25, -0.2) is 0 Å². The summed E-state index contributed by atoms with van der Waals surface area (Å²) in [5.41, 5.74) is 6.01. The molecule has 2 N–H and O–H groups in total. The van der Waals surface area contributed by atoms with E-state index in [0.717, 1.165) is 25.1 Å². The molecule has 0 spiro atoms. The zero-order valence-corrected chi connectivity index (χ0v) is 10.1. The number of hydrogen-bond acceptors (Lipinski definition) is 6. The van der Waals surface area contributed by atoms with Crippen molar-refractivity contribution in [1.82, 2.24) is 10.1 Å². The highest BCUT2D eigenvalue weighted by Gasteiger charge is 2.28. The summed E-state index contributed by atoms with van der Waals surface area (Å²) in [4.78, 5) is 4.36. The molecule has 0 bridgehead atoms. The Morgan fingerprint density at radius 2 is 2.41 bits per heavy atom. The van der Waals surface area contributed by atoms with E-state index in [0.29, 0.717) is 25.7 Å². The van der Waals surface area contributed by atoms with Crippen molar-refractivity contribution in [3.63, 3.8) is 0 Å². The van der Waals surface area contributed by atoms with Crippen LogP contribution in [-0.2, 0) is 15.9 Å². The van der Waals surface area contributed by atoms with E-state index >= 15 is 0 Å². The van der Waals surface area contributed by atoms with Crippen LogP contribution in [0.25, 0.3) is 0 Å². The quantitative estimate of drug-likeness (QED) is 0.755. The summed E-state index contributed by atoms with van der Waals surface area (Å²) in [6.07, 6.45) is 2.49. The van der Waals surface area contributed by atoms with E-state index in [1.54, 1.807) is 7.11 Å². The Morgan fingerprint density at radius 1 is 1.53 bits per heavy atom. The highest BCUT2D eigenvalue weighted by Crippen LogP contribution is 2.23. The number of hydrogen-bond donors (Lipinski definition) is 1. The third kappa shape index (κ3) is 3.24. The number of methoxy groups -OCH3 is 1. The fourth-order valence-corrected chi connectivity index (χ4v) is 1.90. The molecule has 1 fully saturated rings. The van der Waals surface area contributed by atoms with E-state index in [1.807, 2.05) is 0 Å². The van der Waals surface area contributed by atoms with E-state index in [2.05, 4.69) is 10.1 Å². The van der Waals surface area contributed by atoms with E-state index in [1.165, 1.54) is 0 Å². The van der Waals surface area contributed by atoms with Crippen LogP contribution in [0.3, 0.4) is 0 Å². The topological polar surface area (TPSA) is 83.4 Å². The highest BCUT2D eigenvalue weighted by molar-refractivity contribution is 5.00. The van der Waals surface area contributed by atoms with Crippen LogP contribution >= 0.6 is 0 Å². The lowest BCUT2D eigenvalue weighted by Gasteiger charge is -2.25. The lowest BCUT2D eigenvalue weighted by Crippen LogP contribution is -2.37. The minimum absolute atomic E-state index is 0.0347. The van der Waals surface area contributed by atoms with Crippen molar-refractivity contribution >= 4 is 0 Å². The molecule has 2 unspecified atom stereocenters. The zero-order chi connectivity index (χ0) is 12.1. The molecule has 0 radical (unpaired) electrons.